The van der Waals surface area contributed by atoms with Crippen molar-refractivity contribution in [3.8, 4) is 5.75 Å². The van der Waals surface area contributed by atoms with Crippen molar-refractivity contribution in [3.05, 3.63) is 27.4 Å². The van der Waals surface area contributed by atoms with Gasteiger partial charge in [-0.25, -0.2) is 0 Å². The van der Waals surface area contributed by atoms with E-state index in [0.717, 1.165) is 16.6 Å². The van der Waals surface area contributed by atoms with E-state index in [1.807, 2.05) is 6.92 Å². The number of ether oxygens (including phenoxy) is 2. The molecule has 0 aliphatic carbocycles. The van der Waals surface area contributed by atoms with E-state index < -0.39 is 0 Å². The van der Waals surface area contributed by atoms with Gasteiger partial charge in [0.2, 0.25) is 5.91 Å². The summed E-state index contributed by atoms with van der Waals surface area (Å²) in [6, 6.07) is 1.71. The van der Waals surface area contributed by atoms with E-state index in [1.54, 1.807) is 13.2 Å². The second-order valence-corrected chi connectivity index (χ2v) is 7.78. The van der Waals surface area contributed by atoms with Gasteiger partial charge in [0.15, 0.2) is 0 Å². The average Bonchev–Trinajstić information content (AvgIpc) is 2.95. The van der Waals surface area contributed by atoms with E-state index in [1.165, 1.54) is 0 Å². The summed E-state index contributed by atoms with van der Waals surface area (Å²) in [6.07, 6.45) is 0. The van der Waals surface area contributed by atoms with E-state index in [4.69, 9.17) is 32.7 Å². The lowest BCUT2D eigenvalue weighted by Gasteiger charge is -2.22. The predicted molar refractivity (Wildman–Crippen MR) is 100 cm³/mol. The zero-order valence-corrected chi connectivity index (χ0v) is 16.3. The molecule has 0 bridgehead atoms. The first-order valence-electron chi connectivity index (χ1n) is 8.21. The van der Waals surface area contributed by atoms with Gasteiger partial charge in [-0.2, -0.15) is 0 Å². The number of aromatic nitrogens is 1. The van der Waals surface area contributed by atoms with Crippen LogP contribution in [0.25, 0.3) is 10.9 Å². The van der Waals surface area contributed by atoms with Crippen molar-refractivity contribution in [1.29, 1.82) is 0 Å². The normalized spacial score (nSPS) is 19.4. The van der Waals surface area contributed by atoms with Gasteiger partial charge in [-0.15, -0.1) is 0 Å². The van der Waals surface area contributed by atoms with Gasteiger partial charge in [-0.1, -0.05) is 37.0 Å². The maximum atomic E-state index is 12.5. The Morgan fingerprint density at radius 1 is 1.32 bits per heavy atom. The molecule has 0 spiro atoms. The van der Waals surface area contributed by atoms with Gasteiger partial charge in [-0.05, 0) is 12.5 Å². The molecule has 5 nitrogen and oxygen atoms in total. The second kappa shape index (κ2) is 6.71. The molecule has 1 aromatic heterocycles. The van der Waals surface area contributed by atoms with Gasteiger partial charge in [0.25, 0.3) is 0 Å². The van der Waals surface area contributed by atoms with Crippen molar-refractivity contribution in [2.75, 3.05) is 26.9 Å². The van der Waals surface area contributed by atoms with Crippen molar-refractivity contribution in [2.24, 2.45) is 0 Å². The van der Waals surface area contributed by atoms with Gasteiger partial charge in [0.05, 0.1) is 28.1 Å². The highest BCUT2D eigenvalue weighted by atomic mass is 35.5. The minimum absolute atomic E-state index is 0.0124. The summed E-state index contributed by atoms with van der Waals surface area (Å²) in [5.41, 5.74) is 2.34. The number of aromatic amines is 1. The summed E-state index contributed by atoms with van der Waals surface area (Å²) in [5, 5.41) is 4.67. The van der Waals surface area contributed by atoms with Crippen molar-refractivity contribution in [3.63, 3.8) is 0 Å². The van der Waals surface area contributed by atoms with Crippen LogP contribution in [-0.4, -0.2) is 37.8 Å². The van der Waals surface area contributed by atoms with Crippen LogP contribution in [0.3, 0.4) is 0 Å². The maximum absolute atomic E-state index is 12.5. The van der Waals surface area contributed by atoms with Crippen LogP contribution >= 0.6 is 23.2 Å². The van der Waals surface area contributed by atoms with Crippen LogP contribution < -0.4 is 10.1 Å². The number of carbonyl (C=O) groups excluding carboxylic acids is 1. The van der Waals surface area contributed by atoms with Crippen LogP contribution in [0.1, 0.15) is 37.9 Å². The number of methoxy groups -OCH3 is 1. The molecule has 0 radical (unpaired) electrons. The van der Waals surface area contributed by atoms with E-state index in [0.29, 0.717) is 41.1 Å². The Hall–Kier alpha value is -1.43. The maximum Gasteiger partial charge on any atom is 0.227 e. The number of carbonyl (C=O) groups is 1. The third kappa shape index (κ3) is 3.09. The molecule has 2 heterocycles. The van der Waals surface area contributed by atoms with Crippen LogP contribution in [0.5, 0.6) is 5.75 Å². The van der Waals surface area contributed by atoms with Crippen molar-refractivity contribution in [2.45, 2.75) is 32.1 Å². The van der Waals surface area contributed by atoms with E-state index in [2.05, 4.69) is 24.1 Å². The molecule has 7 heteroatoms. The minimum atomic E-state index is -0.326. The number of benzene rings is 1. The number of nitrogens with one attached hydrogen (secondary N) is 2. The van der Waals surface area contributed by atoms with Crippen LogP contribution in [-0.2, 0) is 14.9 Å². The minimum Gasteiger partial charge on any atom is -0.490 e. The summed E-state index contributed by atoms with van der Waals surface area (Å²) < 4.78 is 11.0. The van der Waals surface area contributed by atoms with Crippen LogP contribution in [0.2, 0.25) is 10.0 Å². The van der Waals surface area contributed by atoms with Crippen molar-refractivity contribution in [1.82, 2.24) is 10.3 Å². The van der Waals surface area contributed by atoms with E-state index in [-0.39, 0.29) is 17.2 Å². The molecule has 2 aromatic rings. The lowest BCUT2D eigenvalue weighted by molar-refractivity contribution is -0.122. The summed E-state index contributed by atoms with van der Waals surface area (Å²) >= 11 is 12.7. The Labute approximate surface area is 157 Å². The van der Waals surface area contributed by atoms with Crippen molar-refractivity contribution >= 4 is 40.0 Å². The molecule has 2 N–H and O–H groups in total. The summed E-state index contributed by atoms with van der Waals surface area (Å²) in [7, 11) is 1.62. The number of hydrogen-bond donors (Lipinski definition) is 2. The Morgan fingerprint density at radius 2 is 2.04 bits per heavy atom. The Kier molecular flexibility index (Phi) is 4.93. The van der Waals surface area contributed by atoms with Crippen LogP contribution in [0.15, 0.2) is 6.07 Å². The molecule has 1 atom stereocenters. The molecule has 0 unspecified atom stereocenters. The van der Waals surface area contributed by atoms with E-state index in [9.17, 15) is 4.79 Å². The molecule has 25 heavy (non-hydrogen) atoms. The van der Waals surface area contributed by atoms with Gasteiger partial charge >= 0.3 is 0 Å². The molecule has 1 aromatic carbocycles. The summed E-state index contributed by atoms with van der Waals surface area (Å²) in [5.74, 6) is 0.269. The molecule has 0 fully saturated rings. The Bertz CT molecular complexity index is 830. The fourth-order valence-corrected chi connectivity index (χ4v) is 3.69. The van der Waals surface area contributed by atoms with Crippen LogP contribution in [0, 0.1) is 0 Å². The topological polar surface area (TPSA) is 63.4 Å². The lowest BCUT2D eigenvalue weighted by Crippen LogP contribution is -2.35. The monoisotopic (exact) mass is 384 g/mol. The van der Waals surface area contributed by atoms with E-state index >= 15 is 0 Å². The average molecular weight is 385 g/mol. The zero-order chi connectivity index (χ0) is 18.4. The standard InChI is InChI=1S/C18H22Cl2N2O3/c1-9-12-13-11(25-6-5-24-4)7-10(19)14(20)15(13)22-16(12)18(2,3)8-21-17(9)23/h7,9,22H,5-6,8H2,1-4H3,(H,21,23)/t9-/m0/s1. The number of amides is 1. The molecule has 0 saturated heterocycles. The molecule has 1 amide bonds. The Balaban J connectivity index is 2.30. The highest BCUT2D eigenvalue weighted by Crippen LogP contribution is 2.46. The van der Waals surface area contributed by atoms with Gasteiger partial charge in [-0.3, -0.25) is 4.79 Å². The fourth-order valence-electron chi connectivity index (χ4n) is 3.30. The second-order valence-electron chi connectivity index (χ2n) is 7.00. The molecule has 0 saturated carbocycles. The molecule has 1 aliphatic rings. The first-order valence-corrected chi connectivity index (χ1v) is 8.97. The Morgan fingerprint density at radius 3 is 2.72 bits per heavy atom. The highest BCUT2D eigenvalue weighted by Gasteiger charge is 2.37. The van der Waals surface area contributed by atoms with Gasteiger partial charge in [0, 0.05) is 36.2 Å². The number of hydrogen-bond acceptors (Lipinski definition) is 3. The molecular formula is C18H22Cl2N2O3. The van der Waals surface area contributed by atoms with Gasteiger partial charge < -0.3 is 19.8 Å². The third-order valence-electron chi connectivity index (χ3n) is 4.72. The number of fused-ring (bicyclic) bond motifs is 3. The SMILES string of the molecule is COCCOc1cc(Cl)c(Cl)c2[nH]c3c(c12)[C@H](C)C(=O)NCC3(C)C. The molecule has 1 aliphatic heterocycles. The summed E-state index contributed by atoms with van der Waals surface area (Å²) in [4.78, 5) is 15.9. The number of H-pyrrole nitrogens is 1. The van der Waals surface area contributed by atoms with Gasteiger partial charge in [0.1, 0.15) is 12.4 Å². The largest absolute Gasteiger partial charge is 0.490 e. The highest BCUT2D eigenvalue weighted by molar-refractivity contribution is 6.45. The predicted octanol–water partition coefficient (Wildman–Crippen LogP) is 4.01. The lowest BCUT2D eigenvalue weighted by atomic mass is 9.84. The first kappa shape index (κ1) is 18.4. The zero-order valence-electron chi connectivity index (χ0n) is 14.8. The third-order valence-corrected chi connectivity index (χ3v) is 5.51. The molecular weight excluding hydrogens is 363 g/mol. The van der Waals surface area contributed by atoms with Crippen LogP contribution in [0.4, 0.5) is 0 Å². The number of halogens is 2. The summed E-state index contributed by atoms with van der Waals surface area (Å²) in [6.45, 7) is 7.44. The molecule has 3 rings (SSSR count). The quantitative estimate of drug-likeness (QED) is 0.782. The van der Waals surface area contributed by atoms with Crippen molar-refractivity contribution < 1.29 is 14.3 Å². The molecule has 136 valence electrons. The number of rotatable bonds is 4. The fraction of sp³-hybridized carbons (Fsp3) is 0.500. The smallest absolute Gasteiger partial charge is 0.227 e. The first-order chi connectivity index (χ1) is 11.8.